The third kappa shape index (κ3) is 2.69. The monoisotopic (exact) mass is 305 g/mol. The smallest absolute Gasteiger partial charge is 0.294 e. The maximum atomic E-state index is 12.7. The van der Waals surface area contributed by atoms with Crippen LogP contribution in [0.15, 0.2) is 53.7 Å². The van der Waals surface area contributed by atoms with Crippen LogP contribution in [0.1, 0.15) is 11.1 Å². The number of pyridine rings is 1. The average Bonchev–Trinajstić information content (AvgIpc) is 2.50. The Morgan fingerprint density at radius 1 is 1.09 bits per heavy atom. The summed E-state index contributed by atoms with van der Waals surface area (Å²) < 4.78 is 39.4. The molecule has 0 fully saturated rings. The van der Waals surface area contributed by atoms with Crippen LogP contribution in [0, 0.1) is 0 Å². The molecule has 112 valence electrons. The molecule has 0 saturated heterocycles. The quantitative estimate of drug-likeness (QED) is 0.731. The van der Waals surface area contributed by atoms with Gasteiger partial charge in [0.2, 0.25) is 0 Å². The summed E-state index contributed by atoms with van der Waals surface area (Å²) in [5.41, 5.74) is -0.390. The predicted octanol–water partition coefficient (Wildman–Crippen LogP) is 2.86. The SMILES string of the molecule is O=c1c2cccnc2ncn1Cc1cccc(C(F)(F)F)c1. The van der Waals surface area contributed by atoms with Crippen LogP contribution in [-0.2, 0) is 12.7 Å². The molecule has 0 bridgehead atoms. The lowest BCUT2D eigenvalue weighted by atomic mass is 10.1. The summed E-state index contributed by atoms with van der Waals surface area (Å²) in [6.07, 6.45) is -1.60. The van der Waals surface area contributed by atoms with Gasteiger partial charge in [0, 0.05) is 6.20 Å². The predicted molar refractivity (Wildman–Crippen MR) is 74.3 cm³/mol. The zero-order valence-electron chi connectivity index (χ0n) is 11.2. The number of rotatable bonds is 2. The highest BCUT2D eigenvalue weighted by Gasteiger charge is 2.30. The molecular weight excluding hydrogens is 295 g/mol. The van der Waals surface area contributed by atoms with Crippen LogP contribution in [0.25, 0.3) is 11.0 Å². The fraction of sp³-hybridized carbons (Fsp3) is 0.133. The largest absolute Gasteiger partial charge is 0.416 e. The number of halogens is 3. The van der Waals surface area contributed by atoms with Crippen molar-refractivity contribution < 1.29 is 13.2 Å². The lowest BCUT2D eigenvalue weighted by Gasteiger charge is -2.10. The van der Waals surface area contributed by atoms with Crippen LogP contribution in [0.2, 0.25) is 0 Å². The van der Waals surface area contributed by atoms with Crippen molar-refractivity contribution in [2.75, 3.05) is 0 Å². The molecule has 22 heavy (non-hydrogen) atoms. The van der Waals surface area contributed by atoms with Crippen molar-refractivity contribution in [1.82, 2.24) is 14.5 Å². The Bertz CT molecular complexity index is 887. The molecule has 3 rings (SSSR count). The van der Waals surface area contributed by atoms with Crippen LogP contribution in [0.4, 0.5) is 13.2 Å². The molecule has 0 aliphatic rings. The molecule has 0 atom stereocenters. The van der Waals surface area contributed by atoms with Crippen molar-refractivity contribution in [2.24, 2.45) is 0 Å². The second kappa shape index (κ2) is 5.25. The zero-order chi connectivity index (χ0) is 15.7. The van der Waals surface area contributed by atoms with Gasteiger partial charge in [-0.2, -0.15) is 13.2 Å². The molecule has 0 saturated carbocycles. The van der Waals surface area contributed by atoms with Gasteiger partial charge < -0.3 is 0 Å². The number of alkyl halides is 3. The summed E-state index contributed by atoms with van der Waals surface area (Å²) in [5.74, 6) is 0. The van der Waals surface area contributed by atoms with E-state index in [0.29, 0.717) is 16.6 Å². The van der Waals surface area contributed by atoms with Crippen molar-refractivity contribution in [3.63, 3.8) is 0 Å². The first-order valence-corrected chi connectivity index (χ1v) is 6.41. The molecule has 1 aromatic carbocycles. The lowest BCUT2D eigenvalue weighted by Crippen LogP contribution is -2.21. The summed E-state index contributed by atoms with van der Waals surface area (Å²) in [7, 11) is 0. The molecule has 0 unspecified atom stereocenters. The first-order chi connectivity index (χ1) is 10.4. The third-order valence-electron chi connectivity index (χ3n) is 3.20. The van der Waals surface area contributed by atoms with Gasteiger partial charge in [0.1, 0.15) is 6.33 Å². The summed E-state index contributed by atoms with van der Waals surface area (Å²) >= 11 is 0. The summed E-state index contributed by atoms with van der Waals surface area (Å²) in [5, 5.41) is 0.331. The van der Waals surface area contributed by atoms with E-state index >= 15 is 0 Å². The van der Waals surface area contributed by atoms with Crippen molar-refractivity contribution in [2.45, 2.75) is 12.7 Å². The topological polar surface area (TPSA) is 47.8 Å². The van der Waals surface area contributed by atoms with Crippen molar-refractivity contribution >= 4 is 11.0 Å². The Labute approximate surface area is 122 Å². The molecular formula is C15H10F3N3O. The first-order valence-electron chi connectivity index (χ1n) is 6.41. The molecule has 2 heterocycles. The van der Waals surface area contributed by atoms with Crippen molar-refractivity contribution in [3.8, 4) is 0 Å². The van der Waals surface area contributed by atoms with E-state index in [1.165, 1.54) is 29.2 Å². The normalized spacial score (nSPS) is 11.8. The number of hydrogen-bond acceptors (Lipinski definition) is 3. The van der Waals surface area contributed by atoms with E-state index in [1.54, 1.807) is 12.1 Å². The molecule has 0 aliphatic heterocycles. The van der Waals surface area contributed by atoms with Gasteiger partial charge in [0.15, 0.2) is 5.65 Å². The van der Waals surface area contributed by atoms with Gasteiger partial charge in [-0.05, 0) is 29.8 Å². The fourth-order valence-corrected chi connectivity index (χ4v) is 2.15. The standard InChI is InChI=1S/C15H10F3N3O/c16-15(17,18)11-4-1-3-10(7-11)8-21-9-20-13-12(14(21)22)5-2-6-19-13/h1-7,9H,8H2. The van der Waals surface area contributed by atoms with Gasteiger partial charge in [-0.15, -0.1) is 0 Å². The maximum Gasteiger partial charge on any atom is 0.416 e. The first kappa shape index (κ1) is 14.2. The number of benzene rings is 1. The van der Waals surface area contributed by atoms with Crippen molar-refractivity contribution in [3.05, 3.63) is 70.4 Å². The van der Waals surface area contributed by atoms with Crippen LogP contribution < -0.4 is 5.56 Å². The van der Waals surface area contributed by atoms with Gasteiger partial charge in [0.05, 0.1) is 17.5 Å². The van der Waals surface area contributed by atoms with E-state index in [-0.39, 0.29) is 12.1 Å². The van der Waals surface area contributed by atoms with Crippen LogP contribution in [-0.4, -0.2) is 14.5 Å². The zero-order valence-corrected chi connectivity index (χ0v) is 11.2. The minimum atomic E-state index is -4.41. The Morgan fingerprint density at radius 3 is 2.68 bits per heavy atom. The molecule has 0 amide bonds. The minimum Gasteiger partial charge on any atom is -0.294 e. The molecule has 0 radical (unpaired) electrons. The molecule has 2 aromatic heterocycles. The Kier molecular flexibility index (Phi) is 3.40. The number of fused-ring (bicyclic) bond motifs is 1. The van der Waals surface area contributed by atoms with Crippen LogP contribution in [0.5, 0.6) is 0 Å². The van der Waals surface area contributed by atoms with E-state index in [9.17, 15) is 18.0 Å². The van der Waals surface area contributed by atoms with Crippen LogP contribution >= 0.6 is 0 Å². The Morgan fingerprint density at radius 2 is 1.91 bits per heavy atom. The number of hydrogen-bond donors (Lipinski definition) is 0. The maximum absolute atomic E-state index is 12.7. The van der Waals surface area contributed by atoms with Gasteiger partial charge in [-0.3, -0.25) is 9.36 Å². The fourth-order valence-electron chi connectivity index (χ4n) is 2.15. The number of nitrogens with zero attached hydrogens (tertiary/aromatic N) is 3. The summed E-state index contributed by atoms with van der Waals surface area (Å²) in [6, 6.07) is 8.07. The minimum absolute atomic E-state index is 0.0145. The molecule has 7 heteroatoms. The van der Waals surface area contributed by atoms with Crippen LogP contribution in [0.3, 0.4) is 0 Å². The van der Waals surface area contributed by atoms with E-state index in [2.05, 4.69) is 9.97 Å². The molecule has 3 aromatic rings. The van der Waals surface area contributed by atoms with E-state index in [0.717, 1.165) is 12.1 Å². The highest BCUT2D eigenvalue weighted by atomic mass is 19.4. The van der Waals surface area contributed by atoms with E-state index < -0.39 is 11.7 Å². The molecule has 4 nitrogen and oxygen atoms in total. The Hall–Kier alpha value is -2.70. The highest BCUT2D eigenvalue weighted by molar-refractivity contribution is 5.72. The van der Waals surface area contributed by atoms with Crippen molar-refractivity contribution in [1.29, 1.82) is 0 Å². The molecule has 0 aliphatic carbocycles. The summed E-state index contributed by atoms with van der Waals surface area (Å²) in [6.45, 7) is 0.0145. The third-order valence-corrected chi connectivity index (χ3v) is 3.20. The second-order valence-corrected chi connectivity index (χ2v) is 4.75. The van der Waals surface area contributed by atoms with Gasteiger partial charge in [-0.1, -0.05) is 12.1 Å². The molecule has 0 spiro atoms. The average molecular weight is 305 g/mol. The molecule has 0 N–H and O–H groups in total. The lowest BCUT2D eigenvalue weighted by molar-refractivity contribution is -0.137. The van der Waals surface area contributed by atoms with Gasteiger partial charge in [0.25, 0.3) is 5.56 Å². The van der Waals surface area contributed by atoms with E-state index in [1.807, 2.05) is 0 Å². The van der Waals surface area contributed by atoms with E-state index in [4.69, 9.17) is 0 Å². The summed E-state index contributed by atoms with van der Waals surface area (Å²) in [4.78, 5) is 20.3. The number of aromatic nitrogens is 3. The van der Waals surface area contributed by atoms with Gasteiger partial charge >= 0.3 is 6.18 Å². The van der Waals surface area contributed by atoms with Gasteiger partial charge in [-0.25, -0.2) is 9.97 Å². The highest BCUT2D eigenvalue weighted by Crippen LogP contribution is 2.29. The Balaban J connectivity index is 2.00. The second-order valence-electron chi connectivity index (χ2n) is 4.75.